The lowest BCUT2D eigenvalue weighted by atomic mass is 10.0. The Bertz CT molecular complexity index is 1210. The molecule has 7 nitrogen and oxygen atoms in total. The van der Waals surface area contributed by atoms with Crippen LogP contribution in [0.25, 0.3) is 16.9 Å². The van der Waals surface area contributed by atoms with Crippen molar-refractivity contribution >= 4 is 29.1 Å². The number of benzene rings is 1. The normalized spacial score (nSPS) is 17.6. The molecule has 1 fully saturated rings. The van der Waals surface area contributed by atoms with E-state index in [9.17, 15) is 18.4 Å². The molecule has 0 spiro atoms. The third-order valence-corrected chi connectivity index (χ3v) is 5.56. The number of allylic oxidation sites excluding steroid dienone is 1. The van der Waals surface area contributed by atoms with Gasteiger partial charge in [0.15, 0.2) is 11.1 Å². The maximum Gasteiger partial charge on any atom is 0.284 e. The minimum Gasteiger partial charge on any atom is -0.347 e. The van der Waals surface area contributed by atoms with Crippen molar-refractivity contribution in [2.24, 2.45) is 10.9 Å². The number of amides is 1. The molecule has 1 aliphatic rings. The van der Waals surface area contributed by atoms with E-state index < -0.39 is 17.5 Å². The number of fused-ring (bicyclic) bond motifs is 1. The lowest BCUT2D eigenvalue weighted by Gasteiger charge is -2.18. The molecule has 3 aromatic rings. The standard InChI is InChI=1S/C16H19N5O2.C7H6F2.CH4.2H2/c1-10(11-3-4-12(7-11)20-15(23)9-22)21-13-5-6-18-16(13)19-8-14(21)17-2;1-5-6(8)3-2-4-7(5)9;;;/h5-6,8-9,11-12,18H,1,3-4,7H2,2H3,(H,20,23);2-4H,1H3;1H4;2*1H/t11-,12+;;;;/m1..../s1. The molecule has 4 rings (SSSR count). The number of nitrogens with zero attached hydrogens (tertiary/aromatic N) is 3. The second-order valence-electron chi connectivity index (χ2n) is 7.56. The van der Waals surface area contributed by atoms with E-state index in [4.69, 9.17) is 0 Å². The minimum atomic E-state index is -0.560. The van der Waals surface area contributed by atoms with Crippen molar-refractivity contribution in [3.8, 4) is 0 Å². The first-order valence-corrected chi connectivity index (χ1v) is 10.2. The lowest BCUT2D eigenvalue weighted by Crippen LogP contribution is -2.33. The Morgan fingerprint density at radius 1 is 1.33 bits per heavy atom. The van der Waals surface area contributed by atoms with Crippen molar-refractivity contribution in [1.82, 2.24) is 19.9 Å². The molecule has 2 atom stereocenters. The summed E-state index contributed by atoms with van der Waals surface area (Å²) in [5, 5.41) is 2.73. The predicted octanol–water partition coefficient (Wildman–Crippen LogP) is 4.25. The summed E-state index contributed by atoms with van der Waals surface area (Å²) in [6.07, 6.45) is 6.38. The van der Waals surface area contributed by atoms with Crippen LogP contribution in [-0.4, -0.2) is 39.8 Å². The van der Waals surface area contributed by atoms with Crippen LogP contribution in [0.5, 0.6) is 0 Å². The van der Waals surface area contributed by atoms with Crippen LogP contribution in [0.15, 0.2) is 48.2 Å². The van der Waals surface area contributed by atoms with Crippen LogP contribution in [0.2, 0.25) is 0 Å². The Morgan fingerprint density at radius 3 is 2.64 bits per heavy atom. The van der Waals surface area contributed by atoms with Gasteiger partial charge in [-0.05, 0) is 44.4 Å². The van der Waals surface area contributed by atoms with E-state index in [1.807, 2.05) is 16.8 Å². The first-order chi connectivity index (χ1) is 15.3. The SMILES string of the molecule is C.C=C([C@@H]1CC[C@H](NC(=O)C=O)C1)n1c(=NC)cnc2[nH]ccc21.Cc1c(F)cccc1F.[HH].[HH]. The van der Waals surface area contributed by atoms with E-state index >= 15 is 0 Å². The van der Waals surface area contributed by atoms with Gasteiger partial charge in [0.05, 0.1) is 11.7 Å². The number of hydrogen-bond acceptors (Lipinski definition) is 4. The molecule has 180 valence electrons. The van der Waals surface area contributed by atoms with E-state index in [0.717, 1.165) is 41.6 Å². The van der Waals surface area contributed by atoms with Gasteiger partial charge in [0.25, 0.3) is 5.91 Å². The molecule has 0 unspecified atom stereocenters. The van der Waals surface area contributed by atoms with Gasteiger partial charge in [0.1, 0.15) is 11.6 Å². The van der Waals surface area contributed by atoms with Gasteiger partial charge in [-0.2, -0.15) is 0 Å². The van der Waals surface area contributed by atoms with Crippen LogP contribution in [0, 0.1) is 24.5 Å². The number of aromatic amines is 1. The molecule has 1 amide bonds. The van der Waals surface area contributed by atoms with Gasteiger partial charge in [-0.3, -0.25) is 19.1 Å². The zero-order chi connectivity index (χ0) is 23.3. The number of H-pyrrole nitrogens is 1. The molecule has 2 N–H and O–H groups in total. The topological polar surface area (TPSA) is 92.1 Å². The second kappa shape index (κ2) is 11.3. The van der Waals surface area contributed by atoms with Gasteiger partial charge in [-0.25, -0.2) is 13.8 Å². The summed E-state index contributed by atoms with van der Waals surface area (Å²) in [5.41, 5.74) is 3.46. The first kappa shape index (κ1) is 25.6. The molecule has 0 aliphatic heterocycles. The molecular formula is C24H33F2N5O2. The Hall–Kier alpha value is -3.62. The number of aldehydes is 1. The highest BCUT2D eigenvalue weighted by atomic mass is 19.1. The van der Waals surface area contributed by atoms with Crippen molar-refractivity contribution in [2.75, 3.05) is 7.05 Å². The highest BCUT2D eigenvalue weighted by Crippen LogP contribution is 2.33. The summed E-state index contributed by atoms with van der Waals surface area (Å²) in [6, 6.07) is 5.78. The molecule has 1 aliphatic carbocycles. The van der Waals surface area contributed by atoms with Crippen LogP contribution < -0.4 is 10.8 Å². The van der Waals surface area contributed by atoms with Crippen molar-refractivity contribution in [3.63, 3.8) is 0 Å². The zero-order valence-corrected chi connectivity index (χ0v) is 17.9. The fourth-order valence-electron chi connectivity index (χ4n) is 3.81. The highest BCUT2D eigenvalue weighted by molar-refractivity contribution is 6.23. The van der Waals surface area contributed by atoms with Crippen LogP contribution in [0.1, 0.15) is 35.1 Å². The monoisotopic (exact) mass is 461 g/mol. The van der Waals surface area contributed by atoms with E-state index in [2.05, 4.69) is 26.9 Å². The second-order valence-corrected chi connectivity index (χ2v) is 7.56. The van der Waals surface area contributed by atoms with Crippen molar-refractivity contribution in [2.45, 2.75) is 39.7 Å². The first-order valence-electron chi connectivity index (χ1n) is 10.2. The quantitative estimate of drug-likeness (QED) is 0.449. The van der Waals surface area contributed by atoms with Crippen LogP contribution in [0.3, 0.4) is 0 Å². The zero-order valence-electron chi connectivity index (χ0n) is 17.9. The molecular weight excluding hydrogens is 428 g/mol. The van der Waals surface area contributed by atoms with E-state index in [1.165, 1.54) is 25.1 Å². The van der Waals surface area contributed by atoms with Crippen molar-refractivity contribution < 1.29 is 21.2 Å². The Balaban J connectivity index is 0.000000826. The van der Waals surface area contributed by atoms with Gasteiger partial charge < -0.3 is 10.3 Å². The van der Waals surface area contributed by atoms with Gasteiger partial charge in [0.2, 0.25) is 6.29 Å². The van der Waals surface area contributed by atoms with E-state index in [0.29, 0.717) is 6.29 Å². The summed E-state index contributed by atoms with van der Waals surface area (Å²) < 4.78 is 26.7. The number of carbonyl (C=O) groups is 2. The molecule has 0 bridgehead atoms. The molecule has 33 heavy (non-hydrogen) atoms. The van der Waals surface area contributed by atoms with Gasteiger partial charge in [-0.15, -0.1) is 0 Å². The molecule has 1 aromatic carbocycles. The Labute approximate surface area is 194 Å². The highest BCUT2D eigenvalue weighted by Gasteiger charge is 2.29. The van der Waals surface area contributed by atoms with Crippen molar-refractivity contribution in [3.05, 3.63) is 65.9 Å². The third-order valence-electron chi connectivity index (χ3n) is 5.56. The number of aromatic nitrogens is 3. The van der Waals surface area contributed by atoms with Gasteiger partial charge >= 0.3 is 0 Å². The predicted molar refractivity (Wildman–Crippen MR) is 128 cm³/mol. The van der Waals surface area contributed by atoms with E-state index in [-0.39, 0.29) is 27.8 Å². The van der Waals surface area contributed by atoms with Crippen LogP contribution in [0.4, 0.5) is 8.78 Å². The Morgan fingerprint density at radius 2 is 2.03 bits per heavy atom. The molecule has 0 saturated heterocycles. The number of carbonyl (C=O) groups excluding carboxylic acids is 2. The number of nitrogens with one attached hydrogen (secondary N) is 2. The number of rotatable bonds is 4. The largest absolute Gasteiger partial charge is 0.347 e. The smallest absolute Gasteiger partial charge is 0.284 e. The average Bonchev–Trinajstić information content (AvgIpc) is 3.46. The number of halogens is 2. The van der Waals surface area contributed by atoms with Gasteiger partial charge in [0, 0.05) is 39.3 Å². The Kier molecular flexibility index (Phi) is 8.78. The lowest BCUT2D eigenvalue weighted by molar-refractivity contribution is -0.131. The molecule has 2 aromatic heterocycles. The minimum absolute atomic E-state index is 0. The summed E-state index contributed by atoms with van der Waals surface area (Å²) in [5.74, 6) is -1.32. The maximum absolute atomic E-state index is 12.3. The summed E-state index contributed by atoms with van der Waals surface area (Å²) >= 11 is 0. The fraction of sp³-hybridized carbons (Fsp3) is 0.333. The maximum atomic E-state index is 12.3. The molecule has 2 heterocycles. The van der Waals surface area contributed by atoms with E-state index in [1.54, 1.807) is 13.2 Å². The third kappa shape index (κ3) is 5.79. The van der Waals surface area contributed by atoms with Gasteiger partial charge in [-0.1, -0.05) is 20.1 Å². The molecule has 1 saturated carbocycles. The summed E-state index contributed by atoms with van der Waals surface area (Å²) in [4.78, 5) is 33.4. The fourth-order valence-corrected chi connectivity index (χ4v) is 3.81. The van der Waals surface area contributed by atoms with Crippen molar-refractivity contribution in [1.29, 1.82) is 0 Å². The molecule has 9 heteroatoms. The van der Waals surface area contributed by atoms with Crippen LogP contribution >= 0.6 is 0 Å². The van der Waals surface area contributed by atoms with Crippen LogP contribution in [-0.2, 0) is 9.59 Å². The summed E-state index contributed by atoms with van der Waals surface area (Å²) in [7, 11) is 1.72. The average molecular weight is 462 g/mol. The molecule has 0 radical (unpaired) electrons. The number of hydrogen-bond donors (Lipinski definition) is 2. The summed E-state index contributed by atoms with van der Waals surface area (Å²) in [6.45, 7) is 5.67.